The van der Waals surface area contributed by atoms with Gasteiger partial charge in [-0.1, -0.05) is 0 Å². The zero-order valence-corrected chi connectivity index (χ0v) is 12.6. The minimum Gasteiger partial charge on any atom is -0.372 e. The Bertz CT molecular complexity index is 502. The Morgan fingerprint density at radius 2 is 1.85 bits per heavy atom. The van der Waals surface area contributed by atoms with Crippen molar-refractivity contribution in [3.63, 3.8) is 0 Å². The molecule has 5 nitrogen and oxygen atoms in total. The van der Waals surface area contributed by atoms with Crippen molar-refractivity contribution in [2.75, 3.05) is 25.0 Å². The van der Waals surface area contributed by atoms with Gasteiger partial charge < -0.3 is 4.90 Å². The summed E-state index contributed by atoms with van der Waals surface area (Å²) in [7, 11) is 1.84. The molecule has 108 valence electrons. The van der Waals surface area contributed by atoms with Gasteiger partial charge in [-0.15, -0.1) is 0 Å². The lowest BCUT2D eigenvalue weighted by molar-refractivity contribution is 0.381. The summed E-state index contributed by atoms with van der Waals surface area (Å²) in [5.41, 5.74) is 6.04. The number of aliphatic imine (C=N–C) groups is 1. The summed E-state index contributed by atoms with van der Waals surface area (Å²) >= 11 is 0. The number of hydrazine groups is 1. The first-order valence-electron chi connectivity index (χ1n) is 7.09. The molecular weight excluding hydrogens is 250 g/mol. The van der Waals surface area contributed by atoms with Gasteiger partial charge in [-0.3, -0.25) is 10.4 Å². The molecule has 0 aliphatic carbocycles. The third-order valence-electron chi connectivity index (χ3n) is 3.60. The number of hydrogen-bond donors (Lipinski definition) is 2. The number of hydrogen-bond acceptors (Lipinski definition) is 4. The number of benzene rings is 1. The fourth-order valence-corrected chi connectivity index (χ4v) is 2.41. The molecule has 2 N–H and O–H groups in total. The van der Waals surface area contributed by atoms with E-state index in [1.54, 1.807) is 5.01 Å². The molecule has 0 amide bonds. The monoisotopic (exact) mass is 273 g/mol. The summed E-state index contributed by atoms with van der Waals surface area (Å²) in [6.45, 7) is 8.32. The van der Waals surface area contributed by atoms with E-state index in [-0.39, 0.29) is 6.04 Å². The smallest absolute Gasteiger partial charge is 0.158 e. The Morgan fingerprint density at radius 3 is 2.30 bits per heavy atom. The van der Waals surface area contributed by atoms with Crippen LogP contribution in [0.1, 0.15) is 20.8 Å². The molecule has 1 fully saturated rings. The number of nitrogens with one attached hydrogen (secondary N) is 2. The summed E-state index contributed by atoms with van der Waals surface area (Å²) in [4.78, 5) is 6.89. The van der Waals surface area contributed by atoms with Crippen molar-refractivity contribution in [2.24, 2.45) is 4.99 Å². The maximum Gasteiger partial charge on any atom is 0.158 e. The second kappa shape index (κ2) is 6.05. The van der Waals surface area contributed by atoms with Crippen LogP contribution in [0, 0.1) is 5.41 Å². The maximum absolute atomic E-state index is 7.99. The lowest BCUT2D eigenvalue weighted by atomic mass is 10.2. The molecule has 1 unspecified atom stereocenters. The number of rotatable bonds is 4. The van der Waals surface area contributed by atoms with E-state index in [4.69, 9.17) is 5.41 Å². The molecule has 1 aromatic carbocycles. The Morgan fingerprint density at radius 1 is 1.25 bits per heavy atom. The van der Waals surface area contributed by atoms with Gasteiger partial charge in [-0.25, -0.2) is 10.4 Å². The molecule has 0 saturated carbocycles. The van der Waals surface area contributed by atoms with Crippen LogP contribution in [0.3, 0.4) is 0 Å². The molecule has 5 heteroatoms. The Kier molecular flexibility index (Phi) is 4.39. The van der Waals surface area contributed by atoms with Crippen LogP contribution >= 0.6 is 0 Å². The standard InChI is InChI=1S/C15H23N5/c1-5-20(6-2)13-9-7-12(8-10-13)17-14-11(3)18-19(4)15(14)16/h7-11,16,18H,5-6H2,1-4H3. The van der Waals surface area contributed by atoms with Crippen LogP contribution in [0.4, 0.5) is 11.4 Å². The van der Waals surface area contributed by atoms with Crippen LogP contribution in [0.5, 0.6) is 0 Å². The van der Waals surface area contributed by atoms with Gasteiger partial charge in [0.2, 0.25) is 0 Å². The van der Waals surface area contributed by atoms with Crippen molar-refractivity contribution >= 4 is 22.9 Å². The largest absolute Gasteiger partial charge is 0.372 e. The molecule has 1 aliphatic heterocycles. The van der Waals surface area contributed by atoms with Crippen molar-refractivity contribution in [3.05, 3.63) is 24.3 Å². The molecule has 0 spiro atoms. The molecule has 20 heavy (non-hydrogen) atoms. The molecule has 0 bridgehead atoms. The zero-order chi connectivity index (χ0) is 14.7. The van der Waals surface area contributed by atoms with Gasteiger partial charge in [0.05, 0.1) is 11.7 Å². The molecule has 1 heterocycles. The van der Waals surface area contributed by atoms with Crippen molar-refractivity contribution in [2.45, 2.75) is 26.8 Å². The van der Waals surface area contributed by atoms with Gasteiger partial charge in [-0.2, -0.15) is 0 Å². The first-order valence-corrected chi connectivity index (χ1v) is 7.09. The molecule has 1 atom stereocenters. The van der Waals surface area contributed by atoms with Crippen LogP contribution in [0.2, 0.25) is 0 Å². The highest BCUT2D eigenvalue weighted by atomic mass is 15.5. The zero-order valence-electron chi connectivity index (χ0n) is 12.6. The predicted molar refractivity (Wildman–Crippen MR) is 85.2 cm³/mol. The van der Waals surface area contributed by atoms with Gasteiger partial charge in [0.15, 0.2) is 5.84 Å². The molecule has 1 saturated heterocycles. The lowest BCUT2D eigenvalue weighted by Gasteiger charge is -2.20. The number of anilines is 1. The van der Waals surface area contributed by atoms with E-state index >= 15 is 0 Å². The van der Waals surface area contributed by atoms with Crippen molar-refractivity contribution in [1.29, 1.82) is 5.41 Å². The number of amidine groups is 1. The van der Waals surface area contributed by atoms with Crippen LogP contribution in [-0.2, 0) is 0 Å². The van der Waals surface area contributed by atoms with Gasteiger partial charge >= 0.3 is 0 Å². The third-order valence-corrected chi connectivity index (χ3v) is 3.60. The molecule has 0 aromatic heterocycles. The second-order valence-electron chi connectivity index (χ2n) is 4.94. The quantitative estimate of drug-likeness (QED) is 0.886. The van der Waals surface area contributed by atoms with Crippen molar-refractivity contribution in [3.8, 4) is 0 Å². The Labute approximate surface area is 120 Å². The molecule has 1 aromatic rings. The van der Waals surface area contributed by atoms with E-state index in [0.717, 1.165) is 24.5 Å². The van der Waals surface area contributed by atoms with Crippen molar-refractivity contribution in [1.82, 2.24) is 10.4 Å². The normalized spacial score (nSPS) is 20.8. The highest BCUT2D eigenvalue weighted by molar-refractivity contribution is 6.43. The lowest BCUT2D eigenvalue weighted by Crippen LogP contribution is -2.32. The van der Waals surface area contributed by atoms with Crippen LogP contribution in [0.25, 0.3) is 0 Å². The maximum atomic E-state index is 7.99. The average molecular weight is 273 g/mol. The highest BCUT2D eigenvalue weighted by Crippen LogP contribution is 2.21. The summed E-state index contributed by atoms with van der Waals surface area (Å²) in [5, 5.41) is 9.69. The Hall–Kier alpha value is -1.88. The second-order valence-corrected chi connectivity index (χ2v) is 4.94. The molecule has 1 aliphatic rings. The van der Waals surface area contributed by atoms with Crippen molar-refractivity contribution < 1.29 is 0 Å². The van der Waals surface area contributed by atoms with E-state index in [1.807, 2.05) is 26.1 Å². The van der Waals surface area contributed by atoms with E-state index < -0.39 is 0 Å². The fourth-order valence-electron chi connectivity index (χ4n) is 2.41. The number of nitrogens with zero attached hydrogens (tertiary/aromatic N) is 3. The van der Waals surface area contributed by atoms with E-state index in [1.165, 1.54) is 5.69 Å². The van der Waals surface area contributed by atoms with Gasteiger partial charge in [0.25, 0.3) is 0 Å². The van der Waals surface area contributed by atoms with Gasteiger partial charge in [0, 0.05) is 25.8 Å². The summed E-state index contributed by atoms with van der Waals surface area (Å²) in [6, 6.07) is 8.28. The molecule has 0 radical (unpaired) electrons. The third kappa shape index (κ3) is 2.82. The van der Waals surface area contributed by atoms with E-state index in [9.17, 15) is 0 Å². The van der Waals surface area contributed by atoms with Gasteiger partial charge in [-0.05, 0) is 45.0 Å². The Balaban J connectivity index is 2.21. The average Bonchev–Trinajstić information content (AvgIpc) is 2.68. The van der Waals surface area contributed by atoms with Crippen LogP contribution in [-0.4, -0.2) is 42.7 Å². The predicted octanol–water partition coefficient (Wildman–Crippen LogP) is 2.42. The highest BCUT2D eigenvalue weighted by Gasteiger charge is 2.27. The summed E-state index contributed by atoms with van der Waals surface area (Å²) in [5.74, 6) is 0.435. The van der Waals surface area contributed by atoms with Crippen LogP contribution < -0.4 is 10.3 Å². The molecule has 2 rings (SSSR count). The topological polar surface area (TPSA) is 54.7 Å². The van der Waals surface area contributed by atoms with Gasteiger partial charge in [0.1, 0.15) is 5.71 Å². The first-order chi connectivity index (χ1) is 9.56. The summed E-state index contributed by atoms with van der Waals surface area (Å²) < 4.78 is 0. The SMILES string of the molecule is CCN(CC)c1ccc(N=C2C(=N)N(C)NC2C)cc1. The molecular formula is C15H23N5. The fraction of sp³-hybridized carbons (Fsp3) is 0.467. The first kappa shape index (κ1) is 14.5. The van der Waals surface area contributed by atoms with Crippen LogP contribution in [0.15, 0.2) is 29.3 Å². The summed E-state index contributed by atoms with van der Waals surface area (Å²) in [6.07, 6.45) is 0. The van der Waals surface area contributed by atoms with E-state index in [2.05, 4.69) is 41.3 Å². The minimum absolute atomic E-state index is 0.0787. The minimum atomic E-state index is 0.0787. The van der Waals surface area contributed by atoms with E-state index in [0.29, 0.717) is 5.84 Å².